The zero-order chi connectivity index (χ0) is 12.4. The normalized spacial score (nSPS) is 10.3. The lowest BCUT2D eigenvalue weighted by atomic mass is 10.1. The first kappa shape index (κ1) is 11.4. The Morgan fingerprint density at radius 3 is 2.53 bits per heavy atom. The standard InChI is InChI=1S/C13H15N3O/c1-8-4-5-11(6-9(8)2)13(17)15-12-10(3)7-14-16-12/h4-7H,1-3H3,(H2,14,15,16,17). The third kappa shape index (κ3) is 2.36. The molecule has 0 aliphatic heterocycles. The number of nitrogens with zero attached hydrogens (tertiary/aromatic N) is 1. The molecule has 0 spiro atoms. The second kappa shape index (κ2) is 4.41. The van der Waals surface area contributed by atoms with E-state index in [1.54, 1.807) is 6.20 Å². The number of anilines is 1. The summed E-state index contributed by atoms with van der Waals surface area (Å²) in [6, 6.07) is 5.66. The molecule has 2 N–H and O–H groups in total. The predicted molar refractivity (Wildman–Crippen MR) is 67.2 cm³/mol. The minimum atomic E-state index is -0.125. The molecule has 0 unspecified atom stereocenters. The van der Waals surface area contributed by atoms with E-state index >= 15 is 0 Å². The molecule has 2 aromatic rings. The number of nitrogens with one attached hydrogen (secondary N) is 2. The lowest BCUT2D eigenvalue weighted by Crippen LogP contribution is -2.13. The van der Waals surface area contributed by atoms with Gasteiger partial charge in [0, 0.05) is 11.1 Å². The highest BCUT2D eigenvalue weighted by atomic mass is 16.1. The van der Waals surface area contributed by atoms with Crippen molar-refractivity contribution >= 4 is 11.7 Å². The molecular weight excluding hydrogens is 214 g/mol. The average Bonchev–Trinajstić information content (AvgIpc) is 2.68. The molecule has 0 aliphatic carbocycles. The summed E-state index contributed by atoms with van der Waals surface area (Å²) < 4.78 is 0. The SMILES string of the molecule is Cc1ccc(C(=O)Nc2[nH]ncc2C)cc1C. The molecule has 1 aromatic heterocycles. The van der Waals surface area contributed by atoms with E-state index in [-0.39, 0.29) is 5.91 Å². The zero-order valence-electron chi connectivity index (χ0n) is 10.2. The summed E-state index contributed by atoms with van der Waals surface area (Å²) in [5.41, 5.74) is 3.86. The van der Waals surface area contributed by atoms with Crippen LogP contribution in [0.15, 0.2) is 24.4 Å². The van der Waals surface area contributed by atoms with E-state index in [1.807, 2.05) is 39.0 Å². The number of hydrogen-bond acceptors (Lipinski definition) is 2. The summed E-state index contributed by atoms with van der Waals surface area (Å²) in [6.07, 6.45) is 1.68. The number of aryl methyl sites for hydroxylation is 3. The lowest BCUT2D eigenvalue weighted by molar-refractivity contribution is 0.102. The zero-order valence-corrected chi connectivity index (χ0v) is 10.2. The summed E-state index contributed by atoms with van der Waals surface area (Å²) >= 11 is 0. The van der Waals surface area contributed by atoms with Crippen LogP contribution in [0, 0.1) is 20.8 Å². The van der Waals surface area contributed by atoms with Crippen molar-refractivity contribution in [1.82, 2.24) is 10.2 Å². The van der Waals surface area contributed by atoms with Gasteiger partial charge in [-0.05, 0) is 44.0 Å². The Bertz CT molecular complexity index is 558. The van der Waals surface area contributed by atoms with Crippen molar-refractivity contribution in [3.63, 3.8) is 0 Å². The molecule has 0 fully saturated rings. The second-order valence-electron chi connectivity index (χ2n) is 4.18. The van der Waals surface area contributed by atoms with E-state index in [4.69, 9.17) is 0 Å². The van der Waals surface area contributed by atoms with Crippen LogP contribution in [0.1, 0.15) is 27.0 Å². The van der Waals surface area contributed by atoms with Crippen molar-refractivity contribution in [3.8, 4) is 0 Å². The number of rotatable bonds is 2. The van der Waals surface area contributed by atoms with Crippen LogP contribution in [0.2, 0.25) is 0 Å². The van der Waals surface area contributed by atoms with Gasteiger partial charge in [0.15, 0.2) is 0 Å². The Hall–Kier alpha value is -2.10. The fourth-order valence-corrected chi connectivity index (χ4v) is 1.54. The van der Waals surface area contributed by atoms with Crippen molar-refractivity contribution < 1.29 is 4.79 Å². The van der Waals surface area contributed by atoms with Crippen LogP contribution in [0.5, 0.6) is 0 Å². The lowest BCUT2D eigenvalue weighted by Gasteiger charge is -2.06. The molecule has 0 saturated carbocycles. The smallest absolute Gasteiger partial charge is 0.256 e. The van der Waals surface area contributed by atoms with Gasteiger partial charge in [0.25, 0.3) is 5.91 Å². The van der Waals surface area contributed by atoms with Crippen molar-refractivity contribution in [2.45, 2.75) is 20.8 Å². The minimum absolute atomic E-state index is 0.125. The molecule has 1 heterocycles. The summed E-state index contributed by atoms with van der Waals surface area (Å²) in [4.78, 5) is 12.0. The number of carbonyl (C=O) groups is 1. The van der Waals surface area contributed by atoms with Gasteiger partial charge in [0.05, 0.1) is 6.20 Å². The van der Waals surface area contributed by atoms with Gasteiger partial charge < -0.3 is 5.32 Å². The van der Waals surface area contributed by atoms with Gasteiger partial charge in [-0.15, -0.1) is 0 Å². The minimum Gasteiger partial charge on any atom is -0.307 e. The molecule has 1 aromatic carbocycles. The van der Waals surface area contributed by atoms with Crippen LogP contribution in [0.4, 0.5) is 5.82 Å². The van der Waals surface area contributed by atoms with Gasteiger partial charge in [0.1, 0.15) is 5.82 Å². The molecule has 0 radical (unpaired) electrons. The van der Waals surface area contributed by atoms with Crippen molar-refractivity contribution in [3.05, 3.63) is 46.6 Å². The third-order valence-corrected chi connectivity index (χ3v) is 2.84. The number of amides is 1. The van der Waals surface area contributed by atoms with Crippen molar-refractivity contribution in [2.75, 3.05) is 5.32 Å². The summed E-state index contributed by atoms with van der Waals surface area (Å²) in [5.74, 6) is 0.522. The summed E-state index contributed by atoms with van der Waals surface area (Å²) in [7, 11) is 0. The maximum Gasteiger partial charge on any atom is 0.256 e. The monoisotopic (exact) mass is 229 g/mol. The van der Waals surface area contributed by atoms with Crippen LogP contribution >= 0.6 is 0 Å². The van der Waals surface area contributed by atoms with Gasteiger partial charge in [-0.3, -0.25) is 9.89 Å². The molecular formula is C13H15N3O. The number of aromatic amines is 1. The van der Waals surface area contributed by atoms with E-state index in [1.165, 1.54) is 5.56 Å². The van der Waals surface area contributed by atoms with Gasteiger partial charge in [0.2, 0.25) is 0 Å². The first-order valence-electron chi connectivity index (χ1n) is 5.46. The molecule has 1 amide bonds. The van der Waals surface area contributed by atoms with Crippen LogP contribution in [-0.2, 0) is 0 Å². The van der Waals surface area contributed by atoms with Gasteiger partial charge in [-0.1, -0.05) is 6.07 Å². The predicted octanol–water partition coefficient (Wildman–Crippen LogP) is 2.59. The molecule has 4 heteroatoms. The average molecular weight is 229 g/mol. The molecule has 0 bridgehead atoms. The van der Waals surface area contributed by atoms with E-state index in [0.717, 1.165) is 11.1 Å². The topological polar surface area (TPSA) is 57.8 Å². The first-order valence-corrected chi connectivity index (χ1v) is 5.46. The molecule has 2 rings (SSSR count). The van der Waals surface area contributed by atoms with Crippen LogP contribution in [-0.4, -0.2) is 16.1 Å². The van der Waals surface area contributed by atoms with Crippen molar-refractivity contribution in [2.24, 2.45) is 0 Å². The third-order valence-electron chi connectivity index (χ3n) is 2.84. The van der Waals surface area contributed by atoms with Crippen LogP contribution in [0.3, 0.4) is 0 Å². The number of H-pyrrole nitrogens is 1. The van der Waals surface area contributed by atoms with E-state index in [2.05, 4.69) is 15.5 Å². The van der Waals surface area contributed by atoms with E-state index in [9.17, 15) is 4.79 Å². The number of benzene rings is 1. The van der Waals surface area contributed by atoms with Gasteiger partial charge in [-0.25, -0.2) is 0 Å². The molecule has 0 atom stereocenters. The van der Waals surface area contributed by atoms with Gasteiger partial charge >= 0.3 is 0 Å². The fraction of sp³-hybridized carbons (Fsp3) is 0.231. The number of aromatic nitrogens is 2. The fourth-order valence-electron chi connectivity index (χ4n) is 1.54. The molecule has 4 nitrogen and oxygen atoms in total. The summed E-state index contributed by atoms with van der Waals surface area (Å²) in [5, 5.41) is 9.41. The van der Waals surface area contributed by atoms with Gasteiger partial charge in [-0.2, -0.15) is 5.10 Å². The second-order valence-corrected chi connectivity index (χ2v) is 4.18. The van der Waals surface area contributed by atoms with Crippen LogP contribution in [0.25, 0.3) is 0 Å². The Morgan fingerprint density at radius 1 is 1.18 bits per heavy atom. The molecule has 88 valence electrons. The summed E-state index contributed by atoms with van der Waals surface area (Å²) in [6.45, 7) is 5.91. The maximum atomic E-state index is 12.0. The largest absolute Gasteiger partial charge is 0.307 e. The quantitative estimate of drug-likeness (QED) is 0.831. The van der Waals surface area contributed by atoms with Crippen LogP contribution < -0.4 is 5.32 Å². The number of carbonyl (C=O) groups excluding carboxylic acids is 1. The van der Waals surface area contributed by atoms with E-state index < -0.39 is 0 Å². The number of hydrogen-bond donors (Lipinski definition) is 2. The molecule has 17 heavy (non-hydrogen) atoms. The Balaban J connectivity index is 2.20. The Labute approximate surface area is 100 Å². The highest BCUT2D eigenvalue weighted by Crippen LogP contribution is 2.13. The highest BCUT2D eigenvalue weighted by molar-refractivity contribution is 6.04. The first-order chi connectivity index (χ1) is 8.08. The maximum absolute atomic E-state index is 12.0. The molecule has 0 saturated heterocycles. The Kier molecular flexibility index (Phi) is 2.95. The van der Waals surface area contributed by atoms with Crippen molar-refractivity contribution in [1.29, 1.82) is 0 Å². The molecule has 0 aliphatic rings. The van der Waals surface area contributed by atoms with E-state index in [0.29, 0.717) is 11.4 Å². The Morgan fingerprint density at radius 2 is 1.94 bits per heavy atom. The highest BCUT2D eigenvalue weighted by Gasteiger charge is 2.09.